The van der Waals surface area contributed by atoms with E-state index in [1.165, 1.54) is 12.8 Å². The molecule has 90 valence electrons. The Morgan fingerprint density at radius 1 is 1.07 bits per heavy atom. The molecule has 0 fully saturated rings. The summed E-state index contributed by atoms with van der Waals surface area (Å²) in [6.45, 7) is 4.94. The van der Waals surface area contributed by atoms with Crippen LogP contribution in [0.4, 0.5) is 0 Å². The van der Waals surface area contributed by atoms with Crippen molar-refractivity contribution in [2.24, 2.45) is 0 Å². The van der Waals surface area contributed by atoms with Gasteiger partial charge in [-0.2, -0.15) is 0 Å². The fraction of sp³-hybridized carbons (Fsp3) is 0.818. The monoisotopic (exact) mass is 232 g/mol. The van der Waals surface area contributed by atoms with Gasteiger partial charge in [-0.1, -0.05) is 32.8 Å². The van der Waals surface area contributed by atoms with Crippen molar-refractivity contribution < 1.29 is 13.3 Å². The minimum atomic E-state index is -2.49. The Balaban J connectivity index is 4.15. The molecule has 0 atom stereocenters. The summed E-state index contributed by atoms with van der Waals surface area (Å²) in [5.41, 5.74) is 1.98. The molecule has 0 radical (unpaired) electrons. The summed E-state index contributed by atoms with van der Waals surface area (Å²) < 4.78 is 16.4. The zero-order valence-electron chi connectivity index (χ0n) is 10.4. The summed E-state index contributed by atoms with van der Waals surface area (Å²) in [5, 5.41) is 0. The third-order valence-electron chi connectivity index (χ3n) is 2.12. The molecule has 0 unspecified atom stereocenters. The van der Waals surface area contributed by atoms with Crippen LogP contribution in [0.1, 0.15) is 39.5 Å². The van der Waals surface area contributed by atoms with Gasteiger partial charge in [-0.25, -0.2) is 0 Å². The lowest BCUT2D eigenvalue weighted by atomic mass is 10.2. The molecule has 4 heteroatoms. The van der Waals surface area contributed by atoms with Gasteiger partial charge < -0.3 is 13.3 Å². The molecule has 0 amide bonds. The van der Waals surface area contributed by atoms with Crippen LogP contribution >= 0.6 is 0 Å². The van der Waals surface area contributed by atoms with Gasteiger partial charge in [0.25, 0.3) is 0 Å². The molecule has 0 saturated carbocycles. The van der Waals surface area contributed by atoms with Crippen molar-refractivity contribution in [3.63, 3.8) is 0 Å². The van der Waals surface area contributed by atoms with E-state index in [-0.39, 0.29) is 0 Å². The normalized spacial score (nSPS) is 12.5. The molecule has 0 spiro atoms. The number of allylic oxidation sites excluding steroid dienone is 1. The molecule has 0 N–H and O–H groups in total. The lowest BCUT2D eigenvalue weighted by molar-refractivity contribution is 0.112. The maximum Gasteiger partial charge on any atom is 0.528 e. The standard InChI is InChI=1S/C11H24O3Si/c1-5-7-8-9-11-15(12-3,13-4)14-10-6-2/h9,11H,5-8,10H2,1-4H3. The molecule has 0 aromatic carbocycles. The van der Waals surface area contributed by atoms with Crippen LogP contribution in [-0.4, -0.2) is 29.6 Å². The average Bonchev–Trinajstić information content (AvgIpc) is 2.29. The van der Waals surface area contributed by atoms with Crippen LogP contribution in [0.25, 0.3) is 0 Å². The number of hydrogen-bond acceptors (Lipinski definition) is 3. The second kappa shape index (κ2) is 9.09. The topological polar surface area (TPSA) is 27.7 Å². The van der Waals surface area contributed by atoms with E-state index in [9.17, 15) is 0 Å². The molecule has 0 aromatic rings. The maximum atomic E-state index is 5.67. The van der Waals surface area contributed by atoms with E-state index in [1.54, 1.807) is 14.2 Å². The van der Waals surface area contributed by atoms with Crippen molar-refractivity contribution in [2.45, 2.75) is 39.5 Å². The molecule has 0 aliphatic rings. The molecule has 15 heavy (non-hydrogen) atoms. The maximum absolute atomic E-state index is 5.67. The van der Waals surface area contributed by atoms with E-state index in [0.29, 0.717) is 6.61 Å². The lowest BCUT2D eigenvalue weighted by Gasteiger charge is -2.22. The van der Waals surface area contributed by atoms with Gasteiger partial charge >= 0.3 is 8.80 Å². The van der Waals surface area contributed by atoms with Crippen molar-refractivity contribution in [2.75, 3.05) is 20.8 Å². The lowest BCUT2D eigenvalue weighted by Crippen LogP contribution is -2.42. The molecule has 0 bridgehead atoms. The van der Waals surface area contributed by atoms with Gasteiger partial charge in [-0.05, 0) is 18.5 Å². The van der Waals surface area contributed by atoms with Crippen molar-refractivity contribution in [1.82, 2.24) is 0 Å². The minimum absolute atomic E-state index is 0.687. The SMILES string of the molecule is CCCCC=C[Si](OC)(OC)OCCC. The van der Waals surface area contributed by atoms with Crippen LogP contribution in [0, 0.1) is 0 Å². The van der Waals surface area contributed by atoms with E-state index in [2.05, 4.69) is 19.9 Å². The van der Waals surface area contributed by atoms with Crippen molar-refractivity contribution >= 4 is 8.80 Å². The number of hydrogen-bond donors (Lipinski definition) is 0. The van der Waals surface area contributed by atoms with Crippen molar-refractivity contribution in [1.29, 1.82) is 0 Å². The molecule has 0 saturated heterocycles. The Labute approximate surface area is 94.8 Å². The highest BCUT2D eigenvalue weighted by molar-refractivity contribution is 6.66. The van der Waals surface area contributed by atoms with Gasteiger partial charge in [0, 0.05) is 20.8 Å². The van der Waals surface area contributed by atoms with Crippen LogP contribution < -0.4 is 0 Å². The summed E-state index contributed by atoms with van der Waals surface area (Å²) in [5.74, 6) is 0. The molecule has 0 heterocycles. The van der Waals surface area contributed by atoms with Gasteiger partial charge in [0.2, 0.25) is 0 Å². The highest BCUT2D eigenvalue weighted by atomic mass is 28.4. The Kier molecular flexibility index (Phi) is 8.99. The zero-order chi connectivity index (χ0) is 11.6. The largest absolute Gasteiger partial charge is 0.528 e. The first-order valence-electron chi connectivity index (χ1n) is 5.66. The summed E-state index contributed by atoms with van der Waals surface area (Å²) in [6, 6.07) is 0. The number of unbranched alkanes of at least 4 members (excludes halogenated alkanes) is 2. The highest BCUT2D eigenvalue weighted by Crippen LogP contribution is 2.11. The fourth-order valence-corrected chi connectivity index (χ4v) is 2.89. The van der Waals surface area contributed by atoms with Gasteiger partial charge in [0.1, 0.15) is 0 Å². The molecular formula is C11H24O3Si. The predicted molar refractivity (Wildman–Crippen MR) is 64.7 cm³/mol. The fourth-order valence-electron chi connectivity index (χ4n) is 1.18. The molecule has 0 aliphatic carbocycles. The molecular weight excluding hydrogens is 208 g/mol. The van der Waals surface area contributed by atoms with Crippen LogP contribution in [0.15, 0.2) is 11.8 Å². The Morgan fingerprint density at radius 3 is 2.20 bits per heavy atom. The van der Waals surface area contributed by atoms with Gasteiger partial charge in [-0.15, -0.1) is 0 Å². The average molecular weight is 232 g/mol. The highest BCUT2D eigenvalue weighted by Gasteiger charge is 2.35. The summed E-state index contributed by atoms with van der Waals surface area (Å²) in [4.78, 5) is 0. The summed E-state index contributed by atoms with van der Waals surface area (Å²) >= 11 is 0. The second-order valence-electron chi connectivity index (χ2n) is 3.40. The van der Waals surface area contributed by atoms with Gasteiger partial charge in [0.05, 0.1) is 0 Å². The van der Waals surface area contributed by atoms with Crippen molar-refractivity contribution in [3.05, 3.63) is 11.8 Å². The number of rotatable bonds is 9. The smallest absolute Gasteiger partial charge is 0.374 e. The Bertz CT molecular complexity index is 167. The predicted octanol–water partition coefficient (Wildman–Crippen LogP) is 2.93. The molecule has 3 nitrogen and oxygen atoms in total. The molecule has 0 rings (SSSR count). The van der Waals surface area contributed by atoms with E-state index >= 15 is 0 Å². The van der Waals surface area contributed by atoms with Gasteiger partial charge in [-0.3, -0.25) is 0 Å². The first-order valence-corrected chi connectivity index (χ1v) is 7.46. The minimum Gasteiger partial charge on any atom is -0.374 e. The Hall–Kier alpha value is -0.163. The van der Waals surface area contributed by atoms with E-state index in [1.807, 2.05) is 5.70 Å². The van der Waals surface area contributed by atoms with Crippen molar-refractivity contribution in [3.8, 4) is 0 Å². The zero-order valence-corrected chi connectivity index (χ0v) is 11.4. The van der Waals surface area contributed by atoms with E-state index in [4.69, 9.17) is 13.3 Å². The van der Waals surface area contributed by atoms with E-state index < -0.39 is 8.80 Å². The Morgan fingerprint density at radius 2 is 1.73 bits per heavy atom. The van der Waals surface area contributed by atoms with Crippen LogP contribution in [0.2, 0.25) is 0 Å². The molecule has 0 aromatic heterocycles. The third kappa shape index (κ3) is 6.09. The van der Waals surface area contributed by atoms with E-state index in [0.717, 1.165) is 12.8 Å². The van der Waals surface area contributed by atoms with Crippen LogP contribution in [-0.2, 0) is 13.3 Å². The summed E-state index contributed by atoms with van der Waals surface area (Å²) in [6.07, 6.45) is 6.55. The molecule has 0 aliphatic heterocycles. The summed E-state index contributed by atoms with van der Waals surface area (Å²) in [7, 11) is 0.802. The first-order chi connectivity index (χ1) is 7.24. The third-order valence-corrected chi connectivity index (χ3v) is 4.51. The second-order valence-corrected chi connectivity index (χ2v) is 6.05. The quantitative estimate of drug-likeness (QED) is 0.452. The van der Waals surface area contributed by atoms with Crippen LogP contribution in [0.5, 0.6) is 0 Å². The van der Waals surface area contributed by atoms with Gasteiger partial charge in [0.15, 0.2) is 0 Å². The van der Waals surface area contributed by atoms with Crippen LogP contribution in [0.3, 0.4) is 0 Å². The first kappa shape index (κ1) is 14.8.